The molecule has 2 rings (SSSR count). The van der Waals surface area contributed by atoms with Gasteiger partial charge in [-0.25, -0.2) is 0 Å². The van der Waals surface area contributed by atoms with Crippen LogP contribution in [0.25, 0.3) is 0 Å². The van der Waals surface area contributed by atoms with Gasteiger partial charge in [-0.1, -0.05) is 6.92 Å². The molecular formula is C11H19N3O. The molecule has 0 aliphatic carbocycles. The van der Waals surface area contributed by atoms with Crippen molar-refractivity contribution >= 4 is 5.82 Å². The fourth-order valence-electron chi connectivity index (χ4n) is 2.25. The first-order chi connectivity index (χ1) is 7.24. The quantitative estimate of drug-likeness (QED) is 0.802. The number of anilines is 1. The van der Waals surface area contributed by atoms with Gasteiger partial charge < -0.3 is 10.5 Å². The zero-order valence-electron chi connectivity index (χ0n) is 9.49. The zero-order chi connectivity index (χ0) is 10.8. The molecule has 4 nitrogen and oxygen atoms in total. The van der Waals surface area contributed by atoms with Crippen LogP contribution in [0.5, 0.6) is 0 Å². The Balaban J connectivity index is 2.29. The van der Waals surface area contributed by atoms with E-state index in [2.05, 4.69) is 12.0 Å². The number of aromatic nitrogens is 2. The van der Waals surface area contributed by atoms with Gasteiger partial charge in [-0.3, -0.25) is 4.68 Å². The molecule has 1 aliphatic heterocycles. The summed E-state index contributed by atoms with van der Waals surface area (Å²) in [6.07, 6.45) is 3.25. The molecule has 0 saturated carbocycles. The summed E-state index contributed by atoms with van der Waals surface area (Å²) < 4.78 is 7.28. The second-order valence-corrected chi connectivity index (χ2v) is 4.14. The molecule has 0 bridgehead atoms. The molecule has 0 spiro atoms. The van der Waals surface area contributed by atoms with Crippen molar-refractivity contribution in [2.75, 3.05) is 18.9 Å². The largest absolute Gasteiger partial charge is 0.384 e. The summed E-state index contributed by atoms with van der Waals surface area (Å²) in [4.78, 5) is 0. The van der Waals surface area contributed by atoms with Gasteiger partial charge in [-0.15, -0.1) is 0 Å². The minimum Gasteiger partial charge on any atom is -0.384 e. The highest BCUT2D eigenvalue weighted by atomic mass is 16.5. The van der Waals surface area contributed by atoms with Crippen LogP contribution in [-0.4, -0.2) is 23.0 Å². The van der Waals surface area contributed by atoms with Crippen molar-refractivity contribution in [1.82, 2.24) is 9.78 Å². The summed E-state index contributed by atoms with van der Waals surface area (Å²) in [6, 6.07) is 0. The highest BCUT2D eigenvalue weighted by molar-refractivity contribution is 5.44. The van der Waals surface area contributed by atoms with Gasteiger partial charge in [0.05, 0.1) is 12.3 Å². The molecule has 1 aromatic rings. The predicted molar refractivity (Wildman–Crippen MR) is 59.8 cm³/mol. The lowest BCUT2D eigenvalue weighted by atomic mass is 9.95. The van der Waals surface area contributed by atoms with E-state index in [9.17, 15) is 0 Å². The minimum atomic E-state index is 0.442. The van der Waals surface area contributed by atoms with Crippen LogP contribution in [0.2, 0.25) is 0 Å². The number of rotatable bonds is 2. The Bertz CT molecular complexity index is 340. The van der Waals surface area contributed by atoms with Gasteiger partial charge in [-0.2, -0.15) is 5.10 Å². The number of aryl methyl sites for hydroxylation is 1. The molecular weight excluding hydrogens is 190 g/mol. The first-order valence-corrected chi connectivity index (χ1v) is 5.63. The van der Waals surface area contributed by atoms with Crippen molar-refractivity contribution in [2.24, 2.45) is 7.05 Å². The van der Waals surface area contributed by atoms with Crippen molar-refractivity contribution in [3.05, 3.63) is 11.3 Å². The van der Waals surface area contributed by atoms with Crippen LogP contribution in [0.4, 0.5) is 5.82 Å². The maximum absolute atomic E-state index is 5.98. The van der Waals surface area contributed by atoms with Crippen molar-refractivity contribution in [3.63, 3.8) is 0 Å². The van der Waals surface area contributed by atoms with E-state index in [1.54, 1.807) is 4.68 Å². The van der Waals surface area contributed by atoms with Crippen LogP contribution >= 0.6 is 0 Å². The fourth-order valence-corrected chi connectivity index (χ4v) is 2.25. The van der Waals surface area contributed by atoms with Crippen LogP contribution in [0.1, 0.15) is 36.9 Å². The van der Waals surface area contributed by atoms with E-state index >= 15 is 0 Å². The van der Waals surface area contributed by atoms with E-state index in [0.29, 0.717) is 5.92 Å². The highest BCUT2D eigenvalue weighted by Gasteiger charge is 2.23. The minimum absolute atomic E-state index is 0.442. The van der Waals surface area contributed by atoms with Crippen molar-refractivity contribution in [3.8, 4) is 0 Å². The Hall–Kier alpha value is -1.03. The lowest BCUT2D eigenvalue weighted by Crippen LogP contribution is -2.17. The van der Waals surface area contributed by atoms with Crippen LogP contribution in [0, 0.1) is 0 Å². The van der Waals surface area contributed by atoms with Crippen molar-refractivity contribution < 1.29 is 4.74 Å². The average Bonchev–Trinajstić information content (AvgIpc) is 2.56. The molecule has 0 aromatic carbocycles. The monoisotopic (exact) mass is 209 g/mol. The topological polar surface area (TPSA) is 53.1 Å². The smallest absolute Gasteiger partial charge is 0.124 e. The maximum Gasteiger partial charge on any atom is 0.124 e. The third kappa shape index (κ3) is 1.86. The standard InChI is InChI=1S/C11H19N3O/c1-3-9-10(13-14(2)11(9)12)8-5-4-6-15-7-8/h8H,3-7,12H2,1-2H3. The zero-order valence-corrected chi connectivity index (χ0v) is 9.49. The normalized spacial score (nSPS) is 21.9. The molecule has 1 aromatic heterocycles. The number of nitrogens with zero attached hydrogens (tertiary/aromatic N) is 2. The van der Waals surface area contributed by atoms with E-state index < -0.39 is 0 Å². The summed E-state index contributed by atoms with van der Waals surface area (Å²) in [5, 5.41) is 4.52. The number of nitrogen functional groups attached to an aromatic ring is 1. The molecule has 84 valence electrons. The highest BCUT2D eigenvalue weighted by Crippen LogP contribution is 2.29. The molecule has 15 heavy (non-hydrogen) atoms. The van der Waals surface area contributed by atoms with Crippen LogP contribution in [0.15, 0.2) is 0 Å². The van der Waals surface area contributed by atoms with Crippen LogP contribution < -0.4 is 5.73 Å². The van der Waals surface area contributed by atoms with E-state index in [0.717, 1.165) is 37.6 Å². The first-order valence-electron chi connectivity index (χ1n) is 5.63. The number of hydrogen-bond acceptors (Lipinski definition) is 3. The molecule has 1 atom stereocenters. The van der Waals surface area contributed by atoms with E-state index in [-0.39, 0.29) is 0 Å². The number of ether oxygens (including phenoxy) is 1. The Morgan fingerprint density at radius 1 is 1.60 bits per heavy atom. The fraction of sp³-hybridized carbons (Fsp3) is 0.727. The van der Waals surface area contributed by atoms with Crippen LogP contribution in [-0.2, 0) is 18.2 Å². The van der Waals surface area contributed by atoms with Gasteiger partial charge in [0, 0.05) is 25.1 Å². The average molecular weight is 209 g/mol. The third-order valence-electron chi connectivity index (χ3n) is 3.13. The van der Waals surface area contributed by atoms with Gasteiger partial charge in [0.1, 0.15) is 5.82 Å². The Labute approximate surface area is 90.4 Å². The Kier molecular flexibility index (Phi) is 2.95. The Morgan fingerprint density at radius 2 is 2.40 bits per heavy atom. The molecule has 1 aliphatic rings. The lowest BCUT2D eigenvalue weighted by molar-refractivity contribution is 0.0789. The molecule has 2 heterocycles. The second kappa shape index (κ2) is 4.23. The third-order valence-corrected chi connectivity index (χ3v) is 3.13. The summed E-state index contributed by atoms with van der Waals surface area (Å²) in [6.45, 7) is 3.81. The SMILES string of the molecule is CCc1c(C2CCCOC2)nn(C)c1N. The summed E-state index contributed by atoms with van der Waals surface area (Å²) >= 11 is 0. The second-order valence-electron chi connectivity index (χ2n) is 4.14. The van der Waals surface area contributed by atoms with E-state index in [4.69, 9.17) is 10.5 Å². The molecule has 1 unspecified atom stereocenters. The Morgan fingerprint density at radius 3 is 3.00 bits per heavy atom. The number of hydrogen-bond donors (Lipinski definition) is 1. The summed E-state index contributed by atoms with van der Waals surface area (Å²) in [5.41, 5.74) is 8.33. The molecule has 0 radical (unpaired) electrons. The summed E-state index contributed by atoms with van der Waals surface area (Å²) in [5.74, 6) is 1.25. The van der Waals surface area contributed by atoms with Gasteiger partial charge >= 0.3 is 0 Å². The van der Waals surface area contributed by atoms with Gasteiger partial charge in [0.2, 0.25) is 0 Å². The molecule has 1 fully saturated rings. The van der Waals surface area contributed by atoms with E-state index in [1.165, 1.54) is 12.0 Å². The van der Waals surface area contributed by atoms with Gasteiger partial charge in [0.15, 0.2) is 0 Å². The van der Waals surface area contributed by atoms with Crippen LogP contribution in [0.3, 0.4) is 0 Å². The van der Waals surface area contributed by atoms with Gasteiger partial charge in [0.25, 0.3) is 0 Å². The maximum atomic E-state index is 5.98. The summed E-state index contributed by atoms with van der Waals surface area (Å²) in [7, 11) is 1.90. The molecule has 2 N–H and O–H groups in total. The van der Waals surface area contributed by atoms with E-state index in [1.807, 2.05) is 7.05 Å². The molecule has 0 amide bonds. The number of nitrogens with two attached hydrogens (primary N) is 1. The van der Waals surface area contributed by atoms with Gasteiger partial charge in [-0.05, 0) is 19.3 Å². The predicted octanol–water partition coefficient (Wildman–Crippen LogP) is 1.46. The van der Waals surface area contributed by atoms with Crippen molar-refractivity contribution in [2.45, 2.75) is 32.1 Å². The first kappa shape index (κ1) is 10.5. The molecule has 1 saturated heterocycles. The van der Waals surface area contributed by atoms with Crippen molar-refractivity contribution in [1.29, 1.82) is 0 Å². The molecule has 4 heteroatoms. The lowest BCUT2D eigenvalue weighted by Gasteiger charge is -2.21.